The van der Waals surface area contributed by atoms with E-state index in [0.717, 1.165) is 37.2 Å². The second-order valence-electron chi connectivity index (χ2n) is 6.62. The molecule has 0 bridgehead atoms. The van der Waals surface area contributed by atoms with Crippen LogP contribution in [0.3, 0.4) is 0 Å². The number of likely N-dealkylation sites (N-methyl/N-ethyl adjacent to an activating group) is 1. The number of nitrogens with one attached hydrogen (secondary N) is 1. The van der Waals surface area contributed by atoms with Crippen LogP contribution in [-0.2, 0) is 17.8 Å². The second kappa shape index (κ2) is 7.09. The van der Waals surface area contributed by atoms with Gasteiger partial charge in [0.2, 0.25) is 17.6 Å². The zero-order chi connectivity index (χ0) is 16.7. The summed E-state index contributed by atoms with van der Waals surface area (Å²) < 4.78 is 5.55. The van der Waals surface area contributed by atoms with E-state index < -0.39 is 0 Å². The number of amides is 1. The molecule has 25 heavy (non-hydrogen) atoms. The predicted octanol–water partition coefficient (Wildman–Crippen LogP) is 1.84. The van der Waals surface area contributed by atoms with E-state index >= 15 is 0 Å². The highest BCUT2D eigenvalue weighted by atomic mass is 35.5. The van der Waals surface area contributed by atoms with Crippen molar-refractivity contribution in [3.8, 4) is 11.4 Å². The fraction of sp³-hybridized carbons (Fsp3) is 0.529. The molecule has 0 aromatic carbocycles. The molecule has 2 aliphatic rings. The number of aromatic nitrogens is 3. The zero-order valence-corrected chi connectivity index (χ0v) is 15.2. The van der Waals surface area contributed by atoms with Crippen molar-refractivity contribution < 1.29 is 9.32 Å². The summed E-state index contributed by atoms with van der Waals surface area (Å²) in [4.78, 5) is 22.5. The Morgan fingerprint density at radius 3 is 3.00 bits per heavy atom. The van der Waals surface area contributed by atoms with Gasteiger partial charge >= 0.3 is 0 Å². The van der Waals surface area contributed by atoms with Gasteiger partial charge in [0.05, 0.1) is 5.92 Å². The summed E-state index contributed by atoms with van der Waals surface area (Å²) in [6.45, 7) is 4.40. The number of rotatable bonds is 2. The third-order valence-electron chi connectivity index (χ3n) is 4.97. The van der Waals surface area contributed by atoms with Crippen molar-refractivity contribution in [1.82, 2.24) is 25.3 Å². The first kappa shape index (κ1) is 17.8. The van der Waals surface area contributed by atoms with E-state index in [9.17, 15) is 4.79 Å². The van der Waals surface area contributed by atoms with Gasteiger partial charge in [0.1, 0.15) is 0 Å². The number of carbonyl (C=O) groups is 1. The van der Waals surface area contributed by atoms with Crippen LogP contribution in [0, 0.1) is 6.92 Å². The lowest BCUT2D eigenvalue weighted by Crippen LogP contribution is -2.35. The van der Waals surface area contributed by atoms with Crippen LogP contribution in [0.25, 0.3) is 11.4 Å². The van der Waals surface area contributed by atoms with Crippen molar-refractivity contribution in [3.63, 3.8) is 0 Å². The summed E-state index contributed by atoms with van der Waals surface area (Å²) in [6, 6.07) is 0. The lowest BCUT2D eigenvalue weighted by molar-refractivity contribution is -0.132. The third-order valence-corrected chi connectivity index (χ3v) is 4.97. The molecule has 1 fully saturated rings. The molecule has 1 N–H and O–H groups in total. The Hall–Kier alpha value is -1.99. The van der Waals surface area contributed by atoms with Gasteiger partial charge in [-0.1, -0.05) is 5.16 Å². The first-order chi connectivity index (χ1) is 11.6. The van der Waals surface area contributed by atoms with E-state index in [-0.39, 0.29) is 24.2 Å². The van der Waals surface area contributed by atoms with Gasteiger partial charge < -0.3 is 14.7 Å². The molecule has 0 radical (unpaired) electrons. The molecular weight excluding hydrogens is 342 g/mol. The molecule has 2 aromatic heterocycles. The van der Waals surface area contributed by atoms with Crippen molar-refractivity contribution in [2.75, 3.05) is 20.1 Å². The quantitative estimate of drug-likeness (QED) is 0.876. The number of halogens is 1. The molecule has 8 heteroatoms. The lowest BCUT2D eigenvalue weighted by atomic mass is 9.95. The highest BCUT2D eigenvalue weighted by molar-refractivity contribution is 5.85. The average Bonchev–Trinajstić information content (AvgIpc) is 3.07. The second-order valence-corrected chi connectivity index (χ2v) is 6.62. The number of carbonyl (C=O) groups excluding carboxylic acids is 1. The summed E-state index contributed by atoms with van der Waals surface area (Å²) in [5.41, 5.74) is 4.41. The summed E-state index contributed by atoms with van der Waals surface area (Å²) >= 11 is 0. The molecule has 0 spiro atoms. The van der Waals surface area contributed by atoms with Gasteiger partial charge in [-0.2, -0.15) is 4.98 Å². The first-order valence-electron chi connectivity index (χ1n) is 8.39. The van der Waals surface area contributed by atoms with Crippen molar-refractivity contribution in [1.29, 1.82) is 0 Å². The fourth-order valence-electron chi connectivity index (χ4n) is 3.58. The number of piperidine rings is 1. The lowest BCUT2D eigenvalue weighted by Gasteiger charge is -2.27. The van der Waals surface area contributed by atoms with E-state index in [1.165, 1.54) is 11.1 Å². The maximum Gasteiger partial charge on any atom is 0.231 e. The van der Waals surface area contributed by atoms with Crippen LogP contribution in [0.5, 0.6) is 0 Å². The molecule has 134 valence electrons. The molecule has 1 saturated heterocycles. The third kappa shape index (κ3) is 3.26. The maximum atomic E-state index is 11.6. The molecule has 4 heterocycles. The summed E-state index contributed by atoms with van der Waals surface area (Å²) in [5.74, 6) is 1.53. The number of aryl methyl sites for hydroxylation is 1. The van der Waals surface area contributed by atoms with Gasteiger partial charge in [-0.3, -0.25) is 9.78 Å². The molecule has 2 aliphatic heterocycles. The average molecular weight is 364 g/mol. The van der Waals surface area contributed by atoms with Gasteiger partial charge in [-0.25, -0.2) is 0 Å². The largest absolute Gasteiger partial charge is 0.345 e. The molecular formula is C17H22ClN5O2. The Morgan fingerprint density at radius 2 is 2.20 bits per heavy atom. The van der Waals surface area contributed by atoms with Crippen LogP contribution in [0.4, 0.5) is 0 Å². The molecule has 7 nitrogen and oxygen atoms in total. The van der Waals surface area contributed by atoms with Gasteiger partial charge in [0.15, 0.2) is 0 Å². The first-order valence-corrected chi connectivity index (χ1v) is 8.39. The summed E-state index contributed by atoms with van der Waals surface area (Å²) in [7, 11) is 1.82. The standard InChI is InChI=1S/C17H21N5O2.ClH/c1-10-15(13-5-6-18-7-12(13)8-19-10)16-20-17(24-21-16)11-3-4-14(23)22(2)9-11;/h8,11,18H,3-7,9H2,1-2H3;1H. The zero-order valence-electron chi connectivity index (χ0n) is 14.4. The van der Waals surface area contributed by atoms with Crippen LogP contribution in [0.2, 0.25) is 0 Å². The van der Waals surface area contributed by atoms with Crippen molar-refractivity contribution >= 4 is 18.3 Å². The van der Waals surface area contributed by atoms with Gasteiger partial charge in [0, 0.05) is 44.0 Å². The van der Waals surface area contributed by atoms with Gasteiger partial charge in [-0.05, 0) is 37.4 Å². The van der Waals surface area contributed by atoms with Crippen LogP contribution < -0.4 is 5.32 Å². The van der Waals surface area contributed by atoms with Crippen molar-refractivity contribution in [3.05, 3.63) is 28.9 Å². The summed E-state index contributed by atoms with van der Waals surface area (Å²) in [6.07, 6.45) is 4.17. The smallest absolute Gasteiger partial charge is 0.231 e. The summed E-state index contributed by atoms with van der Waals surface area (Å²) in [5, 5.41) is 7.59. The number of likely N-dealkylation sites (tertiary alicyclic amines) is 1. The fourth-order valence-corrected chi connectivity index (χ4v) is 3.58. The number of hydrogen-bond donors (Lipinski definition) is 1. The molecule has 2 aromatic rings. The maximum absolute atomic E-state index is 11.6. The molecule has 1 atom stereocenters. The minimum absolute atomic E-state index is 0. The Kier molecular flexibility index (Phi) is 5.06. The highest BCUT2D eigenvalue weighted by Crippen LogP contribution is 2.31. The molecule has 0 saturated carbocycles. The Balaban J connectivity index is 0.00000182. The Bertz CT molecular complexity index is 791. The van der Waals surface area contributed by atoms with E-state index in [4.69, 9.17) is 4.52 Å². The van der Waals surface area contributed by atoms with E-state index in [2.05, 4.69) is 20.4 Å². The van der Waals surface area contributed by atoms with Crippen molar-refractivity contribution in [2.45, 2.75) is 38.6 Å². The highest BCUT2D eigenvalue weighted by Gasteiger charge is 2.29. The monoisotopic (exact) mass is 363 g/mol. The van der Waals surface area contributed by atoms with E-state index in [1.807, 2.05) is 20.2 Å². The van der Waals surface area contributed by atoms with Gasteiger partial charge in [0.25, 0.3) is 0 Å². The number of hydrogen-bond acceptors (Lipinski definition) is 6. The normalized spacial score (nSPS) is 20.2. The van der Waals surface area contributed by atoms with Crippen LogP contribution in [0.1, 0.15) is 41.5 Å². The number of fused-ring (bicyclic) bond motifs is 1. The molecule has 4 rings (SSSR count). The topological polar surface area (TPSA) is 84.2 Å². The number of nitrogens with zero attached hydrogens (tertiary/aromatic N) is 4. The number of pyridine rings is 1. The van der Waals surface area contributed by atoms with Crippen LogP contribution in [-0.4, -0.2) is 46.1 Å². The van der Waals surface area contributed by atoms with Gasteiger partial charge in [-0.15, -0.1) is 12.4 Å². The predicted molar refractivity (Wildman–Crippen MR) is 94.5 cm³/mol. The minimum atomic E-state index is 0. The SMILES string of the molecule is Cc1ncc2c(c1-c1noc(C3CCC(=O)N(C)C3)n1)CCNC2.Cl. The minimum Gasteiger partial charge on any atom is -0.345 e. The van der Waals surface area contributed by atoms with E-state index in [1.54, 1.807) is 4.90 Å². The van der Waals surface area contributed by atoms with Crippen LogP contribution in [0.15, 0.2) is 10.7 Å². The van der Waals surface area contributed by atoms with Crippen molar-refractivity contribution in [2.24, 2.45) is 0 Å². The molecule has 0 aliphatic carbocycles. The molecule has 1 unspecified atom stereocenters. The van der Waals surface area contributed by atoms with E-state index in [0.29, 0.717) is 24.7 Å². The Morgan fingerprint density at radius 1 is 1.36 bits per heavy atom. The molecule has 1 amide bonds. The van der Waals surface area contributed by atoms with Crippen LogP contribution >= 0.6 is 12.4 Å². The Labute approximate surface area is 152 Å².